The lowest BCUT2D eigenvalue weighted by Crippen LogP contribution is -2.45. The minimum Gasteiger partial charge on any atom is -0.493 e. The zero-order valence-electron chi connectivity index (χ0n) is 16.0. The SMILES string of the molecule is CC[C@]12CCC3c4cc(OC)c(OS(N)(=O)=O)cc4CCC3C1=CCC2(F)F. The number of methoxy groups -OCH3 is 1. The largest absolute Gasteiger partial charge is 0.493 e. The molecule has 0 spiro atoms. The Hall–Kier alpha value is -1.67. The number of hydrogen-bond donors (Lipinski definition) is 1. The number of hydrogen-bond acceptors (Lipinski definition) is 4. The summed E-state index contributed by atoms with van der Waals surface area (Å²) < 4.78 is 62.4. The smallest absolute Gasteiger partial charge is 0.380 e. The predicted octanol–water partition coefficient (Wildman–Crippen LogP) is 4.08. The van der Waals surface area contributed by atoms with Crippen LogP contribution in [-0.4, -0.2) is 21.5 Å². The maximum absolute atomic E-state index is 14.8. The van der Waals surface area contributed by atoms with Gasteiger partial charge in [-0.2, -0.15) is 13.6 Å². The zero-order chi connectivity index (χ0) is 20.3. The van der Waals surface area contributed by atoms with Crippen LogP contribution in [0.3, 0.4) is 0 Å². The number of aryl methyl sites for hydroxylation is 1. The number of rotatable bonds is 4. The molecular formula is C20H25F2NO4S. The monoisotopic (exact) mass is 413 g/mol. The average molecular weight is 413 g/mol. The van der Waals surface area contributed by atoms with Gasteiger partial charge in [0.1, 0.15) is 0 Å². The van der Waals surface area contributed by atoms with E-state index in [1.165, 1.54) is 7.11 Å². The van der Waals surface area contributed by atoms with Gasteiger partial charge in [-0.3, -0.25) is 0 Å². The van der Waals surface area contributed by atoms with Gasteiger partial charge in [0.05, 0.1) is 12.5 Å². The van der Waals surface area contributed by atoms with E-state index in [-0.39, 0.29) is 29.8 Å². The highest BCUT2D eigenvalue weighted by Crippen LogP contribution is 2.65. The van der Waals surface area contributed by atoms with Crippen LogP contribution < -0.4 is 14.1 Å². The molecule has 5 nitrogen and oxygen atoms in total. The van der Waals surface area contributed by atoms with Crippen molar-refractivity contribution in [3.05, 3.63) is 34.9 Å². The molecule has 0 amide bonds. The Balaban J connectivity index is 1.74. The van der Waals surface area contributed by atoms with Crippen molar-refractivity contribution in [3.63, 3.8) is 0 Å². The highest BCUT2D eigenvalue weighted by atomic mass is 32.2. The molecule has 3 atom stereocenters. The first-order valence-electron chi connectivity index (χ1n) is 9.63. The number of benzene rings is 1. The molecule has 1 saturated carbocycles. The second-order valence-corrected chi connectivity index (χ2v) is 9.22. The standard InChI is InChI=1S/C20H25F2NO4S/c1-3-19-8-6-13-14(16(19)7-9-20(19,21)22)5-4-12-10-18(27-28(23,24)25)17(26-2)11-15(12)13/h7,10-11,13-14H,3-6,8-9H2,1-2H3,(H2,23,24,25)/t13?,14?,19-/m0/s1. The topological polar surface area (TPSA) is 78.6 Å². The van der Waals surface area contributed by atoms with Gasteiger partial charge in [-0.05, 0) is 67.2 Å². The number of allylic oxidation sites excluding steroid dienone is 2. The lowest BCUT2D eigenvalue weighted by molar-refractivity contribution is -0.107. The van der Waals surface area contributed by atoms with Crippen LogP contribution in [0.2, 0.25) is 0 Å². The van der Waals surface area contributed by atoms with Crippen molar-refractivity contribution < 1.29 is 26.1 Å². The first kappa shape index (κ1) is 19.6. The summed E-state index contributed by atoms with van der Waals surface area (Å²) in [4.78, 5) is 0. The summed E-state index contributed by atoms with van der Waals surface area (Å²) in [5, 5.41) is 5.00. The summed E-state index contributed by atoms with van der Waals surface area (Å²) in [6.07, 6.45) is 4.63. The van der Waals surface area contributed by atoms with Crippen LogP contribution in [0.25, 0.3) is 0 Å². The fourth-order valence-electron chi connectivity index (χ4n) is 5.70. The molecule has 0 aromatic heterocycles. The average Bonchev–Trinajstić information content (AvgIpc) is 2.91. The normalized spacial score (nSPS) is 30.7. The molecule has 0 aliphatic heterocycles. The second-order valence-electron chi connectivity index (χ2n) is 8.07. The Morgan fingerprint density at radius 1 is 1.21 bits per heavy atom. The van der Waals surface area contributed by atoms with Crippen LogP contribution in [0.4, 0.5) is 8.78 Å². The number of alkyl halides is 2. The molecular weight excluding hydrogens is 388 g/mol. The molecule has 8 heteroatoms. The fraction of sp³-hybridized carbons (Fsp3) is 0.600. The molecule has 2 N–H and O–H groups in total. The van der Waals surface area contributed by atoms with Gasteiger partial charge < -0.3 is 8.92 Å². The van der Waals surface area contributed by atoms with Gasteiger partial charge >= 0.3 is 10.3 Å². The molecule has 0 saturated heterocycles. The second kappa shape index (κ2) is 6.42. The van der Waals surface area contributed by atoms with Gasteiger partial charge in [-0.25, -0.2) is 8.78 Å². The molecule has 4 rings (SSSR count). The van der Waals surface area contributed by atoms with Gasteiger partial charge in [0.25, 0.3) is 5.92 Å². The molecule has 3 aliphatic rings. The van der Waals surface area contributed by atoms with Crippen molar-refractivity contribution in [1.29, 1.82) is 0 Å². The number of nitrogens with two attached hydrogens (primary N) is 1. The Labute approximate surface area is 164 Å². The predicted molar refractivity (Wildman–Crippen MR) is 101 cm³/mol. The molecule has 28 heavy (non-hydrogen) atoms. The van der Waals surface area contributed by atoms with E-state index in [1.54, 1.807) is 18.2 Å². The molecule has 1 fully saturated rings. The fourth-order valence-corrected chi connectivity index (χ4v) is 6.08. The molecule has 0 radical (unpaired) electrons. The summed E-state index contributed by atoms with van der Waals surface area (Å²) >= 11 is 0. The van der Waals surface area contributed by atoms with E-state index in [0.29, 0.717) is 25.7 Å². The summed E-state index contributed by atoms with van der Waals surface area (Å²) in [6.45, 7) is 1.87. The van der Waals surface area contributed by atoms with Crippen LogP contribution in [0.1, 0.15) is 56.1 Å². The van der Waals surface area contributed by atoms with E-state index in [9.17, 15) is 17.2 Å². The summed E-state index contributed by atoms with van der Waals surface area (Å²) in [5.74, 6) is -2.11. The highest BCUT2D eigenvalue weighted by Gasteiger charge is 2.61. The van der Waals surface area contributed by atoms with Crippen LogP contribution in [-0.2, 0) is 16.7 Å². The Bertz CT molecular complexity index is 944. The molecule has 0 bridgehead atoms. The van der Waals surface area contributed by atoms with Crippen LogP contribution in [0.15, 0.2) is 23.8 Å². The van der Waals surface area contributed by atoms with Gasteiger partial charge in [0.2, 0.25) is 0 Å². The number of ether oxygens (including phenoxy) is 1. The van der Waals surface area contributed by atoms with E-state index in [4.69, 9.17) is 14.1 Å². The molecule has 1 aromatic rings. The van der Waals surface area contributed by atoms with E-state index >= 15 is 0 Å². The van der Waals surface area contributed by atoms with Gasteiger partial charge in [-0.1, -0.05) is 18.6 Å². The Morgan fingerprint density at radius 2 is 1.96 bits per heavy atom. The van der Waals surface area contributed by atoms with Crippen LogP contribution in [0.5, 0.6) is 11.5 Å². The third-order valence-electron chi connectivity index (χ3n) is 6.96. The van der Waals surface area contributed by atoms with E-state index in [1.807, 2.05) is 6.92 Å². The lowest BCUT2D eigenvalue weighted by atomic mass is 9.56. The lowest BCUT2D eigenvalue weighted by Gasteiger charge is -2.49. The molecule has 2 unspecified atom stereocenters. The Kier molecular flexibility index (Phi) is 4.50. The Morgan fingerprint density at radius 3 is 2.61 bits per heavy atom. The minimum absolute atomic E-state index is 0.0625. The van der Waals surface area contributed by atoms with Crippen molar-refractivity contribution in [2.24, 2.45) is 16.5 Å². The van der Waals surface area contributed by atoms with Crippen molar-refractivity contribution in [2.75, 3.05) is 7.11 Å². The van der Waals surface area contributed by atoms with Crippen molar-refractivity contribution in [2.45, 2.75) is 57.3 Å². The van der Waals surface area contributed by atoms with Crippen LogP contribution >= 0.6 is 0 Å². The van der Waals surface area contributed by atoms with E-state index in [0.717, 1.165) is 23.1 Å². The highest BCUT2D eigenvalue weighted by molar-refractivity contribution is 7.84. The number of halogens is 2. The van der Waals surface area contributed by atoms with Crippen LogP contribution in [0, 0.1) is 11.3 Å². The minimum atomic E-state index is -4.17. The molecule has 154 valence electrons. The van der Waals surface area contributed by atoms with Gasteiger partial charge in [0.15, 0.2) is 11.5 Å². The summed E-state index contributed by atoms with van der Waals surface area (Å²) in [5.41, 5.74) is 1.92. The molecule has 3 aliphatic carbocycles. The maximum atomic E-state index is 14.8. The summed E-state index contributed by atoms with van der Waals surface area (Å²) in [6, 6.07) is 3.45. The number of fused-ring (bicyclic) bond motifs is 5. The third-order valence-corrected chi connectivity index (χ3v) is 7.37. The van der Waals surface area contributed by atoms with Crippen molar-refractivity contribution in [3.8, 4) is 11.5 Å². The summed E-state index contributed by atoms with van der Waals surface area (Å²) in [7, 11) is -2.74. The van der Waals surface area contributed by atoms with Gasteiger partial charge in [-0.15, -0.1) is 0 Å². The zero-order valence-corrected chi connectivity index (χ0v) is 16.8. The van der Waals surface area contributed by atoms with E-state index < -0.39 is 21.6 Å². The first-order chi connectivity index (χ1) is 13.1. The molecule has 1 aromatic carbocycles. The van der Waals surface area contributed by atoms with Gasteiger partial charge in [0, 0.05) is 6.42 Å². The third kappa shape index (κ3) is 2.84. The van der Waals surface area contributed by atoms with E-state index in [2.05, 4.69) is 0 Å². The van der Waals surface area contributed by atoms with Crippen molar-refractivity contribution in [1.82, 2.24) is 0 Å². The van der Waals surface area contributed by atoms with Crippen molar-refractivity contribution >= 4 is 10.3 Å². The maximum Gasteiger partial charge on any atom is 0.380 e. The first-order valence-corrected chi connectivity index (χ1v) is 11.1. The quantitative estimate of drug-likeness (QED) is 0.755. The molecule has 0 heterocycles.